The number of fused-ring (bicyclic) bond motifs is 3. The fourth-order valence-electron chi connectivity index (χ4n) is 12.7. The minimum absolute atomic E-state index is 0.00708. The van der Waals surface area contributed by atoms with Gasteiger partial charge in [-0.05, 0) is 111 Å². The number of anilines is 3. The van der Waals surface area contributed by atoms with E-state index in [4.69, 9.17) is 45.4 Å². The molecule has 15 rings (SSSR count). The van der Waals surface area contributed by atoms with Crippen LogP contribution in [0, 0.1) is 38.2 Å². The third kappa shape index (κ3) is 17.5. The van der Waals surface area contributed by atoms with Gasteiger partial charge in [-0.15, -0.1) is 15.3 Å². The maximum Gasteiger partial charge on any atom is 0.191 e. The lowest BCUT2D eigenvalue weighted by atomic mass is 10.1. The Hall–Kier alpha value is -7.14. The number of thioether (sulfide) groups is 3. The molecule has 0 saturated heterocycles. The summed E-state index contributed by atoms with van der Waals surface area (Å²) in [7, 11) is 0. The number of rotatable bonds is 30. The number of hydrogen-bond donors (Lipinski definition) is 12. The summed E-state index contributed by atoms with van der Waals surface area (Å²) in [6, 6.07) is 5.96. The quantitative estimate of drug-likeness (QED) is 0.0168. The van der Waals surface area contributed by atoms with Gasteiger partial charge >= 0.3 is 0 Å². The Morgan fingerprint density at radius 1 is 0.481 bits per heavy atom. The summed E-state index contributed by atoms with van der Waals surface area (Å²) in [5.41, 5.74) is -1.70. The van der Waals surface area contributed by atoms with Crippen LogP contribution in [0.4, 0.5) is 30.6 Å². The molecule has 6 heterocycles. The van der Waals surface area contributed by atoms with Crippen LogP contribution in [0.15, 0.2) is 70.1 Å². The Kier molecular flexibility index (Phi) is 18.8. The molecule has 3 aromatic carbocycles. The first-order chi connectivity index (χ1) is 59.1. The molecule has 6 saturated carbocycles. The first-order valence-electron chi connectivity index (χ1n) is 44.1. The summed E-state index contributed by atoms with van der Waals surface area (Å²) in [4.78, 5) is 26.6. The van der Waals surface area contributed by atoms with Crippen molar-refractivity contribution < 1.29 is 99.4 Å². The van der Waals surface area contributed by atoms with Crippen LogP contribution in [0.5, 0.6) is 0 Å². The number of aryl methyl sites for hydroxylation is 3. The molecule has 30 nitrogen and oxygen atoms in total. The molecule has 36 heteroatoms. The van der Waals surface area contributed by atoms with Crippen molar-refractivity contribution in [2.45, 2.75) is 224 Å². The molecule has 6 aromatic heterocycles. The van der Waals surface area contributed by atoms with Crippen molar-refractivity contribution in [3.8, 4) is 0 Å². The lowest BCUT2D eigenvalue weighted by Crippen LogP contribution is -2.33. The van der Waals surface area contributed by atoms with Gasteiger partial charge in [0.15, 0.2) is 66.4 Å². The van der Waals surface area contributed by atoms with Crippen molar-refractivity contribution in [3.05, 3.63) is 105 Å². The number of ether oxygens (including phenoxy) is 3. The number of benzene rings is 3. The highest BCUT2D eigenvalue weighted by molar-refractivity contribution is 7.99. The van der Waals surface area contributed by atoms with Crippen LogP contribution in [0.2, 0.25) is 0 Å². The zero-order valence-electron chi connectivity index (χ0n) is 77.7. The molecular weight excluding hydrogens is 1460 g/mol. The maximum atomic E-state index is 14.4. The zero-order chi connectivity index (χ0) is 93.3. The Morgan fingerprint density at radius 2 is 0.833 bits per heavy atom. The van der Waals surface area contributed by atoms with E-state index >= 15 is 0 Å². The lowest BCUT2D eigenvalue weighted by molar-refractivity contribution is -0.0629. The van der Waals surface area contributed by atoms with Gasteiger partial charge in [0.25, 0.3) is 0 Å². The summed E-state index contributed by atoms with van der Waals surface area (Å²) in [6.45, 7) is -0.357. The minimum Gasteiger partial charge on any atom is -0.394 e. The van der Waals surface area contributed by atoms with Gasteiger partial charge in [-0.25, -0.2) is 57.1 Å². The predicted molar refractivity (Wildman–Crippen MR) is 398 cm³/mol. The predicted octanol–water partition coefficient (Wildman–Crippen LogP) is 6.55. The second-order valence-electron chi connectivity index (χ2n) is 25.9. The van der Waals surface area contributed by atoms with Crippen LogP contribution < -0.4 is 16.0 Å². The lowest BCUT2D eigenvalue weighted by Gasteiger charge is -2.17. The fraction of sp³-hybridized carbons (Fsp3) is 0.583. The zero-order valence-corrected chi connectivity index (χ0v) is 61.2. The van der Waals surface area contributed by atoms with E-state index in [1.54, 1.807) is 34.6 Å². The van der Waals surface area contributed by atoms with Crippen molar-refractivity contribution >= 4 is 86.2 Å². The molecule has 0 spiro atoms. The highest BCUT2D eigenvalue weighted by Gasteiger charge is 2.49. The summed E-state index contributed by atoms with van der Waals surface area (Å²) in [6.07, 6.45) is -17.6. The van der Waals surface area contributed by atoms with Gasteiger partial charge in [0.05, 0.1) is 84.2 Å². The van der Waals surface area contributed by atoms with E-state index in [1.807, 2.05) is 6.92 Å². The summed E-state index contributed by atoms with van der Waals surface area (Å²) < 4.78 is 218. The van der Waals surface area contributed by atoms with Crippen LogP contribution in [-0.4, -0.2) is 251 Å². The van der Waals surface area contributed by atoms with E-state index in [0.717, 1.165) is 36.4 Å². The maximum absolute atomic E-state index is 14.4. The van der Waals surface area contributed by atoms with E-state index in [1.165, 1.54) is 62.2 Å². The fourth-order valence-corrected chi connectivity index (χ4v) is 14.4. The van der Waals surface area contributed by atoms with Crippen molar-refractivity contribution in [2.75, 3.05) is 72.6 Å². The van der Waals surface area contributed by atoms with Crippen LogP contribution >= 0.6 is 35.3 Å². The average Bonchev–Trinajstić information content (AvgIpc) is 1.52. The first kappa shape index (κ1) is 57.8. The molecule has 12 N–H and O–H groups in total. The number of nitrogens with zero attached hydrogens (tertiary/aromatic N) is 15. The van der Waals surface area contributed by atoms with Gasteiger partial charge < -0.3 is 76.1 Å². The molecule has 18 atom stereocenters. The van der Waals surface area contributed by atoms with Crippen molar-refractivity contribution in [1.29, 1.82) is 0 Å². The molecule has 0 aliphatic heterocycles. The highest BCUT2D eigenvalue weighted by Crippen LogP contribution is 2.48. The van der Waals surface area contributed by atoms with E-state index in [2.05, 4.69) is 76.8 Å². The third-order valence-corrected chi connectivity index (χ3v) is 21.2. The Labute approximate surface area is 659 Å². The Morgan fingerprint density at radius 3 is 1.16 bits per heavy atom. The van der Waals surface area contributed by atoms with Crippen LogP contribution in [-0.2, 0) is 14.2 Å². The largest absolute Gasteiger partial charge is 0.394 e. The minimum atomic E-state index is -3.39. The molecule has 0 bridgehead atoms. The summed E-state index contributed by atoms with van der Waals surface area (Å²) >= 11 is 2.72. The van der Waals surface area contributed by atoms with Crippen molar-refractivity contribution in [1.82, 2.24) is 74.9 Å². The summed E-state index contributed by atoms with van der Waals surface area (Å²) in [5.74, 6) is -6.68. The molecule has 9 aromatic rings. The van der Waals surface area contributed by atoms with E-state index < -0.39 is 183 Å². The topological polar surface area (TPSA) is 415 Å². The summed E-state index contributed by atoms with van der Waals surface area (Å²) in [5, 5.41) is 126. The first-order valence-corrected chi connectivity index (χ1v) is 37.2. The number of nitrogens with one attached hydrogen (secondary N) is 3. The second-order valence-corrected chi connectivity index (χ2v) is 28.7. The van der Waals surface area contributed by atoms with Gasteiger partial charge in [-0.1, -0.05) is 108 Å². The van der Waals surface area contributed by atoms with Gasteiger partial charge in [-0.3, -0.25) is 0 Å². The Bertz CT molecular complexity index is 5560. The highest BCUT2D eigenvalue weighted by atomic mass is 32.2. The standard InChI is InChI=1S/3C24H31FN6O4S/c3*1-3-8-36-24-27-22(26-16-10-14(16)13-5-4-12(2)15(25)9-13)19-23(28-24)31(30-29-19)17-11-18(35-7-6-32)21(34)20(17)33/h3*4-5,9,14,16-18,20-21,32-34H,3,6-8,10-11H2,1-2H3,(H,26,27,28)/t3*14-,16+,17+,18-,20-,21+/m000/s1/i6D2,8D2,10D2,14D;6D2,7D2,10D2,14D;8D2,10D2,14D. The van der Waals surface area contributed by atoms with Crippen molar-refractivity contribution in [2.24, 2.45) is 0 Å². The van der Waals surface area contributed by atoms with E-state index in [0.29, 0.717) is 34.2 Å². The van der Waals surface area contributed by atoms with Gasteiger partial charge in [0.1, 0.15) is 54.1 Å². The SMILES string of the molecule is [2H]C([2H])(CC)Sc1nc(N[C@@H]2C([2H])([2H])[C@@]2([2H])c2ccc(C)c(F)c2)c2nnn([C@@H]3C[C@H](OCCO)[C@@H](O)[C@H]3O)c2n1.[2H]C([2H])(O)C([2H])([2H])O[C@H]1C[C@@H](n2nnc3c(N[C@@H]4C([2H])([2H])[C@@]4([2H])c4ccc(C)c(F)c4)nc(SCCC)nc32)[C@H](O)[C@@H]1O.[2H]C([2H])(O)CO[C@H]1C[C@@H](n2nnc3c(N[C@@H]4C([2H])([2H])[C@@]4([2H])c4ccc(C)c(F)c4)nc(SC([2H])([2H])CC)nc32)[C@H](O)[C@@H]1O. The van der Waals surface area contributed by atoms with Gasteiger partial charge in [0.2, 0.25) is 0 Å². The van der Waals surface area contributed by atoms with Gasteiger partial charge in [0, 0.05) is 90.1 Å². The Balaban J connectivity index is 0.000000163. The van der Waals surface area contributed by atoms with E-state index in [-0.39, 0.29) is 128 Å². The number of halogens is 3. The monoisotopic (exact) mass is 1570 g/mol. The molecule has 6 aliphatic rings. The second kappa shape index (κ2) is 35.1. The normalized spacial score (nSPS) is 34.3. The number of hydrogen-bond acceptors (Lipinski definition) is 30. The van der Waals surface area contributed by atoms with Crippen LogP contribution in [0.25, 0.3) is 33.5 Å². The average molecular weight is 1570 g/mol. The van der Waals surface area contributed by atoms with Crippen molar-refractivity contribution in [3.63, 3.8) is 0 Å². The van der Waals surface area contributed by atoms with Gasteiger partial charge in [-0.2, -0.15) is 0 Å². The molecule has 108 heavy (non-hydrogen) atoms. The molecular formula is C72H93F3N18O12S3. The molecule has 6 fully saturated rings. The number of aromatic nitrogens is 15. The van der Waals surface area contributed by atoms with Crippen LogP contribution in [0.1, 0.15) is 174 Å². The molecule has 582 valence electrons. The molecule has 0 amide bonds. The molecule has 6 aliphatic carbocycles. The number of aliphatic hydroxyl groups excluding tert-OH is 7. The molecule has 0 radical (unpaired) electrons. The smallest absolute Gasteiger partial charge is 0.191 e. The van der Waals surface area contributed by atoms with Crippen LogP contribution in [0.3, 0.4) is 0 Å². The third-order valence-electron chi connectivity index (χ3n) is 18.5. The number of aliphatic hydroxyl groups is 9. The molecule has 0 unspecified atom stereocenters. The van der Waals surface area contributed by atoms with E-state index in [9.17, 15) is 54.0 Å².